The highest BCUT2D eigenvalue weighted by Crippen LogP contribution is 2.22. The fraction of sp³-hybridized carbons (Fsp3) is 0.462. The van der Waals surface area contributed by atoms with Crippen LogP contribution in [0.2, 0.25) is 0 Å². The molecule has 0 fully saturated rings. The molecule has 0 saturated carbocycles. The summed E-state index contributed by atoms with van der Waals surface area (Å²) in [6, 6.07) is 2.34. The fourth-order valence-corrected chi connectivity index (χ4v) is 1.66. The molecular weight excluding hydrogens is 256 g/mol. The van der Waals surface area contributed by atoms with Gasteiger partial charge in [0.25, 0.3) is 0 Å². The van der Waals surface area contributed by atoms with Gasteiger partial charge < -0.3 is 15.2 Å². The maximum absolute atomic E-state index is 13.7. The first-order valence-corrected chi connectivity index (χ1v) is 5.95. The Morgan fingerprint density at radius 3 is 2.68 bits per heavy atom. The molecular formula is C13H17F2NO3. The standard InChI is InChI=1S/C13H17F2NO3/c1-8(4-3-7-17)16-10-6-5-9(13(18)19-2)11(14)12(10)15/h5-6,8,16-17H,3-4,7H2,1-2H3. The molecule has 1 rings (SSSR count). The van der Waals surface area contributed by atoms with Gasteiger partial charge >= 0.3 is 5.97 Å². The number of carbonyl (C=O) groups excluding carboxylic acids is 1. The maximum atomic E-state index is 13.7. The summed E-state index contributed by atoms with van der Waals surface area (Å²) in [4.78, 5) is 11.2. The molecule has 2 N–H and O–H groups in total. The summed E-state index contributed by atoms with van der Waals surface area (Å²) < 4.78 is 31.7. The first kappa shape index (κ1) is 15.4. The van der Waals surface area contributed by atoms with Gasteiger partial charge in [0.05, 0.1) is 18.4 Å². The second-order valence-corrected chi connectivity index (χ2v) is 4.19. The number of hydrogen-bond acceptors (Lipinski definition) is 4. The monoisotopic (exact) mass is 273 g/mol. The van der Waals surface area contributed by atoms with Crippen molar-refractivity contribution >= 4 is 11.7 Å². The minimum absolute atomic E-state index is 0.0180. The number of esters is 1. The van der Waals surface area contributed by atoms with Crippen molar-refractivity contribution in [1.29, 1.82) is 0 Å². The van der Waals surface area contributed by atoms with Crippen LogP contribution in [0.4, 0.5) is 14.5 Å². The van der Waals surface area contributed by atoms with E-state index in [4.69, 9.17) is 5.11 Å². The number of methoxy groups -OCH3 is 1. The molecule has 1 aromatic rings. The number of halogens is 2. The van der Waals surface area contributed by atoms with E-state index in [0.29, 0.717) is 12.8 Å². The van der Waals surface area contributed by atoms with E-state index in [9.17, 15) is 13.6 Å². The highest BCUT2D eigenvalue weighted by atomic mass is 19.2. The van der Waals surface area contributed by atoms with Crippen LogP contribution in [0.1, 0.15) is 30.1 Å². The van der Waals surface area contributed by atoms with Crippen LogP contribution in [-0.2, 0) is 4.74 Å². The number of benzene rings is 1. The van der Waals surface area contributed by atoms with Gasteiger partial charge in [0.1, 0.15) is 0 Å². The van der Waals surface area contributed by atoms with E-state index in [1.54, 1.807) is 6.92 Å². The number of hydrogen-bond donors (Lipinski definition) is 2. The highest BCUT2D eigenvalue weighted by molar-refractivity contribution is 5.90. The van der Waals surface area contributed by atoms with Gasteiger partial charge in [-0.15, -0.1) is 0 Å². The summed E-state index contributed by atoms with van der Waals surface area (Å²) in [6.07, 6.45) is 1.19. The molecule has 0 radical (unpaired) electrons. The molecule has 0 aliphatic rings. The van der Waals surface area contributed by atoms with E-state index >= 15 is 0 Å². The predicted octanol–water partition coefficient (Wildman–Crippen LogP) is 2.32. The normalized spacial score (nSPS) is 12.1. The van der Waals surface area contributed by atoms with Crippen molar-refractivity contribution in [1.82, 2.24) is 0 Å². The summed E-state index contributed by atoms with van der Waals surface area (Å²) in [6.45, 7) is 1.84. The highest BCUT2D eigenvalue weighted by Gasteiger charge is 2.19. The van der Waals surface area contributed by atoms with Crippen molar-refractivity contribution in [2.45, 2.75) is 25.8 Å². The molecule has 0 amide bonds. The summed E-state index contributed by atoms with van der Waals surface area (Å²) >= 11 is 0. The van der Waals surface area contributed by atoms with Gasteiger partial charge in [0.2, 0.25) is 0 Å². The maximum Gasteiger partial charge on any atom is 0.340 e. The largest absolute Gasteiger partial charge is 0.465 e. The van der Waals surface area contributed by atoms with Gasteiger partial charge in [0.15, 0.2) is 11.6 Å². The zero-order valence-corrected chi connectivity index (χ0v) is 10.9. The zero-order valence-electron chi connectivity index (χ0n) is 10.9. The van der Waals surface area contributed by atoms with Crippen LogP contribution in [0.25, 0.3) is 0 Å². The summed E-state index contributed by atoms with van der Waals surface area (Å²) in [7, 11) is 1.10. The van der Waals surface area contributed by atoms with Crippen LogP contribution in [0.3, 0.4) is 0 Å². The number of aliphatic hydroxyl groups is 1. The Bertz CT molecular complexity index is 452. The lowest BCUT2D eigenvalue weighted by molar-refractivity contribution is 0.0594. The van der Waals surface area contributed by atoms with Crippen LogP contribution in [-0.4, -0.2) is 30.8 Å². The SMILES string of the molecule is COC(=O)c1ccc(NC(C)CCCO)c(F)c1F. The van der Waals surface area contributed by atoms with Gasteiger partial charge in [-0.2, -0.15) is 0 Å². The average Bonchev–Trinajstić information content (AvgIpc) is 2.41. The van der Waals surface area contributed by atoms with Crippen molar-refractivity contribution in [2.75, 3.05) is 19.0 Å². The molecule has 106 valence electrons. The minimum atomic E-state index is -1.23. The first-order chi connectivity index (χ1) is 9.01. The molecule has 0 bridgehead atoms. The molecule has 0 aromatic heterocycles. The number of nitrogens with one attached hydrogen (secondary N) is 1. The Kier molecular flexibility index (Phi) is 5.69. The summed E-state index contributed by atoms with van der Waals surface area (Å²) in [5.41, 5.74) is -0.454. The molecule has 4 nitrogen and oxygen atoms in total. The number of ether oxygens (including phenoxy) is 1. The van der Waals surface area contributed by atoms with Crippen LogP contribution >= 0.6 is 0 Å². The Hall–Kier alpha value is -1.69. The molecule has 0 spiro atoms. The molecule has 1 atom stereocenters. The molecule has 6 heteroatoms. The smallest absolute Gasteiger partial charge is 0.340 e. The number of aliphatic hydroxyl groups excluding tert-OH is 1. The Labute approximate surface area is 110 Å². The van der Waals surface area contributed by atoms with Crippen LogP contribution in [0.5, 0.6) is 0 Å². The molecule has 0 saturated heterocycles. The van der Waals surface area contributed by atoms with Crippen molar-refractivity contribution in [3.8, 4) is 0 Å². The Morgan fingerprint density at radius 2 is 2.11 bits per heavy atom. The van der Waals surface area contributed by atoms with Gasteiger partial charge in [-0.05, 0) is 31.9 Å². The van der Waals surface area contributed by atoms with Gasteiger partial charge in [-0.3, -0.25) is 0 Å². The number of anilines is 1. The van der Waals surface area contributed by atoms with E-state index in [1.807, 2.05) is 0 Å². The number of carbonyl (C=O) groups is 1. The lowest BCUT2D eigenvalue weighted by Gasteiger charge is -2.16. The summed E-state index contributed by atoms with van der Waals surface area (Å²) in [5, 5.41) is 11.5. The van der Waals surface area contributed by atoms with E-state index in [1.165, 1.54) is 12.1 Å². The molecule has 19 heavy (non-hydrogen) atoms. The van der Waals surface area contributed by atoms with Crippen LogP contribution in [0.15, 0.2) is 12.1 Å². The van der Waals surface area contributed by atoms with E-state index in [0.717, 1.165) is 7.11 Å². The van der Waals surface area contributed by atoms with Gasteiger partial charge in [-0.25, -0.2) is 13.6 Å². The molecule has 0 aliphatic heterocycles. The van der Waals surface area contributed by atoms with Crippen LogP contribution < -0.4 is 5.32 Å². The predicted molar refractivity (Wildman–Crippen MR) is 67.1 cm³/mol. The average molecular weight is 273 g/mol. The quantitative estimate of drug-likeness (QED) is 0.781. The Morgan fingerprint density at radius 1 is 1.42 bits per heavy atom. The lowest BCUT2D eigenvalue weighted by atomic mass is 10.1. The Balaban J connectivity index is 2.87. The number of rotatable bonds is 6. The van der Waals surface area contributed by atoms with Crippen molar-refractivity contribution in [3.05, 3.63) is 29.3 Å². The third-order valence-electron chi connectivity index (χ3n) is 2.68. The molecule has 0 heterocycles. The van der Waals surface area contributed by atoms with E-state index in [-0.39, 0.29) is 18.3 Å². The third-order valence-corrected chi connectivity index (χ3v) is 2.68. The third kappa shape index (κ3) is 3.89. The van der Waals surface area contributed by atoms with E-state index < -0.39 is 23.2 Å². The van der Waals surface area contributed by atoms with Crippen molar-refractivity contribution < 1.29 is 23.4 Å². The molecule has 1 aromatic carbocycles. The van der Waals surface area contributed by atoms with Crippen molar-refractivity contribution in [2.24, 2.45) is 0 Å². The zero-order chi connectivity index (χ0) is 14.4. The second kappa shape index (κ2) is 7.04. The molecule has 1 unspecified atom stereocenters. The lowest BCUT2D eigenvalue weighted by Crippen LogP contribution is -2.17. The van der Waals surface area contributed by atoms with Crippen LogP contribution in [0, 0.1) is 11.6 Å². The topological polar surface area (TPSA) is 58.6 Å². The van der Waals surface area contributed by atoms with Gasteiger partial charge in [0, 0.05) is 12.6 Å². The summed E-state index contributed by atoms with van der Waals surface area (Å²) in [5.74, 6) is -3.26. The van der Waals surface area contributed by atoms with E-state index in [2.05, 4.69) is 10.1 Å². The van der Waals surface area contributed by atoms with Crippen molar-refractivity contribution in [3.63, 3.8) is 0 Å². The minimum Gasteiger partial charge on any atom is -0.465 e. The molecule has 0 aliphatic carbocycles. The second-order valence-electron chi connectivity index (χ2n) is 4.19. The van der Waals surface area contributed by atoms with Gasteiger partial charge in [-0.1, -0.05) is 0 Å². The first-order valence-electron chi connectivity index (χ1n) is 5.95. The fourth-order valence-electron chi connectivity index (χ4n) is 1.66.